The minimum absolute atomic E-state index is 0.0626. The Kier molecular flexibility index (Phi) is 5.94. The summed E-state index contributed by atoms with van der Waals surface area (Å²) in [5.74, 6) is 0.814. The third kappa shape index (κ3) is 4.66. The van der Waals surface area contributed by atoms with Crippen LogP contribution >= 0.6 is 11.6 Å². The Morgan fingerprint density at radius 1 is 1.17 bits per heavy atom. The van der Waals surface area contributed by atoms with Gasteiger partial charge in [-0.25, -0.2) is 24.8 Å². The van der Waals surface area contributed by atoms with E-state index in [1.807, 2.05) is 5.01 Å². The summed E-state index contributed by atoms with van der Waals surface area (Å²) < 4.78 is 13.4. The van der Waals surface area contributed by atoms with Gasteiger partial charge in [0.05, 0.1) is 17.1 Å². The first-order valence-corrected chi connectivity index (χ1v) is 10.2. The summed E-state index contributed by atoms with van der Waals surface area (Å²) in [7, 11) is 4.30. The van der Waals surface area contributed by atoms with Crippen LogP contribution in [0, 0.1) is 5.82 Å². The molecule has 0 amide bonds. The van der Waals surface area contributed by atoms with Gasteiger partial charge in [-0.2, -0.15) is 0 Å². The van der Waals surface area contributed by atoms with Crippen LogP contribution < -0.4 is 10.7 Å². The summed E-state index contributed by atoms with van der Waals surface area (Å²) >= 11 is 5.89. The van der Waals surface area contributed by atoms with Crippen molar-refractivity contribution in [1.82, 2.24) is 25.3 Å². The molecule has 1 saturated carbocycles. The molecule has 2 heterocycles. The number of nitrogens with one attached hydrogen (secondary N) is 2. The summed E-state index contributed by atoms with van der Waals surface area (Å²) in [6, 6.07) is 5.58. The highest BCUT2D eigenvalue weighted by atomic mass is 35.5. The van der Waals surface area contributed by atoms with Crippen molar-refractivity contribution in [3.8, 4) is 0 Å². The van der Waals surface area contributed by atoms with E-state index in [0.717, 1.165) is 18.4 Å². The first-order chi connectivity index (χ1) is 14.0. The molecule has 1 aromatic heterocycles. The third-order valence-electron chi connectivity index (χ3n) is 5.53. The number of aliphatic imine (C=N–C) groups is 1. The second kappa shape index (κ2) is 8.61. The molecular weight excluding hydrogens is 393 g/mol. The molecular formula is C20H25ClFN7. The van der Waals surface area contributed by atoms with Crippen molar-refractivity contribution < 1.29 is 4.39 Å². The highest BCUT2D eigenvalue weighted by molar-refractivity contribution is 6.31. The first-order valence-electron chi connectivity index (χ1n) is 9.79. The molecule has 0 atom stereocenters. The Balaban J connectivity index is 1.44. The van der Waals surface area contributed by atoms with Crippen LogP contribution in [0.1, 0.15) is 31.2 Å². The summed E-state index contributed by atoms with van der Waals surface area (Å²) in [6.07, 6.45) is 7.89. The molecule has 154 valence electrons. The van der Waals surface area contributed by atoms with E-state index in [9.17, 15) is 4.39 Å². The SMILES string of the molecule is CN(C)C1CCC(NN2C=Nc3ncnc(Nc4ccc(F)c(Cl)c4)c3C2)CC1. The lowest BCUT2D eigenvalue weighted by molar-refractivity contribution is 0.164. The highest BCUT2D eigenvalue weighted by Gasteiger charge is 2.25. The normalized spacial score (nSPS) is 21.3. The predicted molar refractivity (Wildman–Crippen MR) is 113 cm³/mol. The Bertz CT molecular complexity index is 896. The molecule has 0 unspecified atom stereocenters. The number of benzene rings is 1. The van der Waals surface area contributed by atoms with Crippen molar-refractivity contribution in [3.05, 3.63) is 40.9 Å². The predicted octanol–water partition coefficient (Wildman–Crippen LogP) is 3.87. The van der Waals surface area contributed by atoms with Crippen molar-refractivity contribution in [3.63, 3.8) is 0 Å². The second-order valence-corrected chi connectivity index (χ2v) is 8.16. The highest BCUT2D eigenvalue weighted by Crippen LogP contribution is 2.30. The van der Waals surface area contributed by atoms with Crippen LogP contribution in [0.2, 0.25) is 5.02 Å². The lowest BCUT2D eigenvalue weighted by Crippen LogP contribution is -2.47. The Morgan fingerprint density at radius 3 is 2.69 bits per heavy atom. The van der Waals surface area contributed by atoms with E-state index in [1.165, 1.54) is 31.3 Å². The minimum atomic E-state index is -0.453. The van der Waals surface area contributed by atoms with Gasteiger partial charge in [-0.3, -0.25) is 5.01 Å². The molecule has 1 fully saturated rings. The Morgan fingerprint density at radius 2 is 1.97 bits per heavy atom. The number of aromatic nitrogens is 2. The molecule has 29 heavy (non-hydrogen) atoms. The maximum absolute atomic E-state index is 13.4. The van der Waals surface area contributed by atoms with E-state index in [0.29, 0.717) is 36.0 Å². The van der Waals surface area contributed by atoms with Crippen LogP contribution in [0.3, 0.4) is 0 Å². The molecule has 0 spiro atoms. The first kappa shape index (κ1) is 20.0. The molecule has 2 aliphatic rings. The second-order valence-electron chi connectivity index (χ2n) is 7.75. The van der Waals surface area contributed by atoms with Gasteiger partial charge in [0.1, 0.15) is 24.3 Å². The van der Waals surface area contributed by atoms with Crippen LogP contribution in [-0.2, 0) is 6.54 Å². The van der Waals surface area contributed by atoms with E-state index in [4.69, 9.17) is 11.6 Å². The number of halogens is 2. The molecule has 0 saturated heterocycles. The van der Waals surface area contributed by atoms with Gasteiger partial charge in [0.2, 0.25) is 0 Å². The third-order valence-corrected chi connectivity index (χ3v) is 5.82. The van der Waals surface area contributed by atoms with Gasteiger partial charge in [-0.15, -0.1) is 0 Å². The van der Waals surface area contributed by atoms with Crippen molar-refractivity contribution in [1.29, 1.82) is 0 Å². The minimum Gasteiger partial charge on any atom is -0.340 e. The maximum atomic E-state index is 13.4. The van der Waals surface area contributed by atoms with E-state index < -0.39 is 5.82 Å². The van der Waals surface area contributed by atoms with Gasteiger partial charge in [0, 0.05) is 17.8 Å². The molecule has 0 radical (unpaired) electrons. The number of hydrazine groups is 1. The Labute approximate surface area is 175 Å². The smallest absolute Gasteiger partial charge is 0.164 e. The van der Waals surface area contributed by atoms with Gasteiger partial charge in [0.15, 0.2) is 5.82 Å². The van der Waals surface area contributed by atoms with E-state index >= 15 is 0 Å². The van der Waals surface area contributed by atoms with Crippen molar-refractivity contribution >= 4 is 35.3 Å². The number of fused-ring (bicyclic) bond motifs is 1. The molecule has 4 rings (SSSR count). The molecule has 1 aliphatic carbocycles. The number of hydrogen-bond acceptors (Lipinski definition) is 7. The van der Waals surface area contributed by atoms with Gasteiger partial charge >= 0.3 is 0 Å². The molecule has 2 aromatic rings. The van der Waals surface area contributed by atoms with Crippen molar-refractivity contribution in [2.45, 2.75) is 44.3 Å². The van der Waals surface area contributed by atoms with Crippen LogP contribution in [0.25, 0.3) is 0 Å². The van der Waals surface area contributed by atoms with Gasteiger partial charge in [-0.05, 0) is 58.0 Å². The van der Waals surface area contributed by atoms with Crippen LogP contribution in [0.4, 0.5) is 21.7 Å². The van der Waals surface area contributed by atoms with Crippen molar-refractivity contribution in [2.75, 3.05) is 19.4 Å². The molecule has 0 bridgehead atoms. The zero-order valence-corrected chi connectivity index (χ0v) is 17.3. The van der Waals surface area contributed by atoms with E-state index in [1.54, 1.807) is 12.4 Å². The maximum Gasteiger partial charge on any atom is 0.164 e. The number of nitrogens with zero attached hydrogens (tertiary/aromatic N) is 5. The largest absolute Gasteiger partial charge is 0.340 e. The summed E-state index contributed by atoms with van der Waals surface area (Å²) in [6.45, 7) is 0.588. The fourth-order valence-electron chi connectivity index (χ4n) is 3.85. The standard InChI is InChI=1S/C20H25ClFN7/c1-28(2)15-6-3-13(4-7-15)27-29-10-16-19(25-12-29)23-11-24-20(16)26-14-5-8-18(22)17(21)9-14/h5,8-9,11-13,15,27H,3-4,6-7,10H2,1-2H3,(H,23,24,26). The summed E-state index contributed by atoms with van der Waals surface area (Å²) in [5, 5.41) is 5.26. The molecule has 1 aromatic carbocycles. The van der Waals surface area contributed by atoms with E-state index in [2.05, 4.69) is 44.7 Å². The zero-order chi connectivity index (χ0) is 20.4. The average molecular weight is 418 g/mol. The number of rotatable bonds is 5. The van der Waals surface area contributed by atoms with Crippen LogP contribution in [0.5, 0.6) is 0 Å². The van der Waals surface area contributed by atoms with Gasteiger partial charge in [-0.1, -0.05) is 11.6 Å². The monoisotopic (exact) mass is 417 g/mol. The van der Waals surface area contributed by atoms with Crippen LogP contribution in [-0.4, -0.2) is 52.4 Å². The quantitative estimate of drug-likeness (QED) is 0.769. The fourth-order valence-corrected chi connectivity index (χ4v) is 4.03. The zero-order valence-electron chi connectivity index (χ0n) is 16.6. The van der Waals surface area contributed by atoms with Gasteiger partial charge < -0.3 is 10.2 Å². The average Bonchev–Trinajstić information content (AvgIpc) is 2.71. The number of anilines is 2. The van der Waals surface area contributed by atoms with E-state index in [-0.39, 0.29) is 5.02 Å². The molecule has 9 heteroatoms. The molecule has 2 N–H and O–H groups in total. The fraction of sp³-hybridized carbons (Fsp3) is 0.450. The van der Waals surface area contributed by atoms with Crippen LogP contribution in [0.15, 0.2) is 29.5 Å². The number of hydrogen-bond donors (Lipinski definition) is 2. The Hall–Kier alpha value is -2.29. The van der Waals surface area contributed by atoms with Gasteiger partial charge in [0.25, 0.3) is 0 Å². The summed E-state index contributed by atoms with van der Waals surface area (Å²) in [5.41, 5.74) is 5.12. The lowest BCUT2D eigenvalue weighted by atomic mass is 9.91. The summed E-state index contributed by atoms with van der Waals surface area (Å²) in [4.78, 5) is 15.4. The molecule has 7 nitrogen and oxygen atoms in total. The van der Waals surface area contributed by atoms with Crippen molar-refractivity contribution in [2.24, 2.45) is 4.99 Å². The lowest BCUT2D eigenvalue weighted by Gasteiger charge is -2.36. The molecule has 1 aliphatic heterocycles. The topological polar surface area (TPSA) is 68.7 Å².